The molecule has 1 aliphatic carbocycles. The van der Waals surface area contributed by atoms with Crippen LogP contribution in [0.1, 0.15) is 45.6 Å². The van der Waals surface area contributed by atoms with Crippen molar-refractivity contribution in [1.82, 2.24) is 5.32 Å². The Morgan fingerprint density at radius 2 is 2.00 bits per heavy atom. The van der Waals surface area contributed by atoms with Gasteiger partial charge in [-0.1, -0.05) is 32.4 Å². The molecule has 3 heteroatoms. The average molecular weight is 274 g/mol. The van der Waals surface area contributed by atoms with Gasteiger partial charge in [-0.2, -0.15) is 0 Å². The molecule has 1 unspecified atom stereocenters. The van der Waals surface area contributed by atoms with E-state index in [1.54, 1.807) is 0 Å². The van der Waals surface area contributed by atoms with Crippen molar-refractivity contribution in [2.75, 3.05) is 11.9 Å². The summed E-state index contributed by atoms with van der Waals surface area (Å²) >= 11 is 0. The molecular weight excluding hydrogens is 248 g/mol. The molecule has 0 aromatic heterocycles. The highest BCUT2D eigenvalue weighted by Gasteiger charge is 2.34. The highest BCUT2D eigenvalue weighted by atomic mass is 16.1. The van der Waals surface area contributed by atoms with E-state index in [-0.39, 0.29) is 5.91 Å². The van der Waals surface area contributed by atoms with Crippen molar-refractivity contribution in [2.45, 2.75) is 52.5 Å². The number of likely N-dealkylation sites (N-methyl/N-ethyl adjacent to an activating group) is 1. The molecule has 2 N–H and O–H groups in total. The van der Waals surface area contributed by atoms with Gasteiger partial charge in [0.15, 0.2) is 0 Å². The van der Waals surface area contributed by atoms with Crippen molar-refractivity contribution >= 4 is 11.6 Å². The number of rotatable bonds is 5. The van der Waals surface area contributed by atoms with Gasteiger partial charge in [-0.05, 0) is 42.9 Å². The Hall–Kier alpha value is -1.51. The van der Waals surface area contributed by atoms with Crippen molar-refractivity contribution in [3.63, 3.8) is 0 Å². The largest absolute Gasteiger partial charge is 0.382 e. The molecule has 0 spiro atoms. The zero-order chi connectivity index (χ0) is 14.6. The number of benzene rings is 1. The van der Waals surface area contributed by atoms with E-state index in [1.807, 2.05) is 19.1 Å². The van der Waals surface area contributed by atoms with Crippen LogP contribution in [0.5, 0.6) is 0 Å². The van der Waals surface area contributed by atoms with E-state index in [0.29, 0.717) is 24.4 Å². The number of amides is 1. The molecule has 0 aliphatic heterocycles. The summed E-state index contributed by atoms with van der Waals surface area (Å²) in [5.74, 6) is 0.0881. The molecule has 1 aromatic rings. The summed E-state index contributed by atoms with van der Waals surface area (Å²) in [6.07, 6.45) is 4.30. The van der Waals surface area contributed by atoms with Gasteiger partial charge in [0.05, 0.1) is 6.42 Å². The van der Waals surface area contributed by atoms with Gasteiger partial charge >= 0.3 is 0 Å². The first-order valence-electron chi connectivity index (χ1n) is 7.63. The predicted molar refractivity (Wildman–Crippen MR) is 83.9 cm³/mol. The lowest BCUT2D eigenvalue weighted by molar-refractivity contribution is -0.120. The van der Waals surface area contributed by atoms with Crippen molar-refractivity contribution in [1.29, 1.82) is 0 Å². The van der Waals surface area contributed by atoms with Crippen LogP contribution in [0.3, 0.4) is 0 Å². The highest BCUT2D eigenvalue weighted by molar-refractivity contribution is 5.78. The molecule has 0 bridgehead atoms. The third-order valence-corrected chi connectivity index (χ3v) is 4.29. The third kappa shape index (κ3) is 3.75. The molecule has 0 radical (unpaired) electrons. The van der Waals surface area contributed by atoms with E-state index in [1.165, 1.54) is 19.3 Å². The lowest BCUT2D eigenvalue weighted by atomic mass is 9.87. The van der Waals surface area contributed by atoms with Gasteiger partial charge < -0.3 is 10.6 Å². The maximum atomic E-state index is 11.5. The minimum atomic E-state index is 0.0881. The van der Waals surface area contributed by atoms with Crippen molar-refractivity contribution in [2.24, 2.45) is 5.41 Å². The quantitative estimate of drug-likeness (QED) is 0.864. The Balaban J connectivity index is 1.93. The normalized spacial score (nSPS) is 20.6. The summed E-state index contributed by atoms with van der Waals surface area (Å²) in [7, 11) is 0. The van der Waals surface area contributed by atoms with Crippen LogP contribution in [0.4, 0.5) is 5.69 Å². The standard InChI is InChI=1S/C17H26N2O/c1-4-18-16(20)12-13-7-9-14(10-8-13)19-15-6-5-11-17(15,2)3/h7-10,15,19H,4-6,11-12H2,1-3H3,(H,18,20). The van der Waals surface area contributed by atoms with Gasteiger partial charge in [0.1, 0.15) is 0 Å². The molecule has 1 amide bonds. The third-order valence-electron chi connectivity index (χ3n) is 4.29. The SMILES string of the molecule is CCNC(=O)Cc1ccc(NC2CCCC2(C)C)cc1. The minimum Gasteiger partial charge on any atom is -0.382 e. The molecule has 20 heavy (non-hydrogen) atoms. The number of hydrogen-bond acceptors (Lipinski definition) is 2. The highest BCUT2D eigenvalue weighted by Crippen LogP contribution is 2.38. The van der Waals surface area contributed by atoms with Crippen LogP contribution >= 0.6 is 0 Å². The lowest BCUT2D eigenvalue weighted by Crippen LogP contribution is -2.30. The molecule has 1 fully saturated rings. The number of anilines is 1. The minimum absolute atomic E-state index is 0.0881. The molecule has 0 saturated heterocycles. The molecular formula is C17H26N2O. The predicted octanol–water partition coefficient (Wildman–Crippen LogP) is 3.36. The van der Waals surface area contributed by atoms with Gasteiger partial charge in [-0.25, -0.2) is 0 Å². The van der Waals surface area contributed by atoms with Crippen LogP contribution in [0.15, 0.2) is 24.3 Å². The molecule has 1 saturated carbocycles. The van der Waals surface area contributed by atoms with Gasteiger partial charge in [0.25, 0.3) is 0 Å². The van der Waals surface area contributed by atoms with E-state index in [0.717, 1.165) is 11.3 Å². The second-order valence-electron chi connectivity index (χ2n) is 6.40. The topological polar surface area (TPSA) is 41.1 Å². The number of carbonyl (C=O) groups is 1. The first-order chi connectivity index (χ1) is 9.51. The average Bonchev–Trinajstić information content (AvgIpc) is 2.71. The van der Waals surface area contributed by atoms with Crippen LogP contribution in [-0.4, -0.2) is 18.5 Å². The maximum Gasteiger partial charge on any atom is 0.224 e. The summed E-state index contributed by atoms with van der Waals surface area (Å²) in [5.41, 5.74) is 2.59. The first kappa shape index (κ1) is 14.9. The van der Waals surface area contributed by atoms with E-state index >= 15 is 0 Å². The van der Waals surface area contributed by atoms with E-state index < -0.39 is 0 Å². The van der Waals surface area contributed by atoms with E-state index in [4.69, 9.17) is 0 Å². The number of carbonyl (C=O) groups excluding carboxylic acids is 1. The zero-order valence-corrected chi connectivity index (χ0v) is 12.8. The number of hydrogen-bond donors (Lipinski definition) is 2. The zero-order valence-electron chi connectivity index (χ0n) is 12.8. The fraction of sp³-hybridized carbons (Fsp3) is 0.588. The number of nitrogens with one attached hydrogen (secondary N) is 2. The van der Waals surface area contributed by atoms with E-state index in [9.17, 15) is 4.79 Å². The lowest BCUT2D eigenvalue weighted by Gasteiger charge is -2.28. The first-order valence-corrected chi connectivity index (χ1v) is 7.63. The van der Waals surface area contributed by atoms with Crippen LogP contribution in [0.25, 0.3) is 0 Å². The van der Waals surface area contributed by atoms with Crippen LogP contribution in [0.2, 0.25) is 0 Å². The molecule has 110 valence electrons. The summed E-state index contributed by atoms with van der Waals surface area (Å²) in [5, 5.41) is 6.46. The smallest absolute Gasteiger partial charge is 0.224 e. The molecule has 2 rings (SSSR count). The molecule has 1 atom stereocenters. The Morgan fingerprint density at radius 3 is 2.55 bits per heavy atom. The Labute approximate surface area is 122 Å². The molecule has 1 aromatic carbocycles. The maximum absolute atomic E-state index is 11.5. The van der Waals surface area contributed by atoms with E-state index in [2.05, 4.69) is 36.6 Å². The Kier molecular flexibility index (Phi) is 4.69. The Bertz CT molecular complexity index is 451. The fourth-order valence-corrected chi connectivity index (χ4v) is 2.96. The molecule has 0 heterocycles. The summed E-state index contributed by atoms with van der Waals surface area (Å²) < 4.78 is 0. The van der Waals surface area contributed by atoms with Crippen LogP contribution in [0, 0.1) is 5.41 Å². The van der Waals surface area contributed by atoms with Crippen LogP contribution in [-0.2, 0) is 11.2 Å². The second kappa shape index (κ2) is 6.29. The van der Waals surface area contributed by atoms with Crippen molar-refractivity contribution in [3.05, 3.63) is 29.8 Å². The van der Waals surface area contributed by atoms with Gasteiger partial charge in [-0.3, -0.25) is 4.79 Å². The summed E-state index contributed by atoms with van der Waals surface area (Å²) in [6, 6.07) is 8.81. The second-order valence-corrected chi connectivity index (χ2v) is 6.40. The summed E-state index contributed by atoms with van der Waals surface area (Å²) in [6.45, 7) is 7.30. The molecule has 3 nitrogen and oxygen atoms in total. The van der Waals surface area contributed by atoms with Crippen LogP contribution < -0.4 is 10.6 Å². The van der Waals surface area contributed by atoms with Gasteiger partial charge in [0.2, 0.25) is 5.91 Å². The van der Waals surface area contributed by atoms with Gasteiger partial charge in [0, 0.05) is 18.3 Å². The monoisotopic (exact) mass is 274 g/mol. The van der Waals surface area contributed by atoms with Crippen molar-refractivity contribution < 1.29 is 4.79 Å². The fourth-order valence-electron chi connectivity index (χ4n) is 2.96. The summed E-state index contributed by atoms with van der Waals surface area (Å²) in [4.78, 5) is 11.5. The Morgan fingerprint density at radius 1 is 1.30 bits per heavy atom. The van der Waals surface area contributed by atoms with Crippen molar-refractivity contribution in [3.8, 4) is 0 Å². The molecule has 1 aliphatic rings. The van der Waals surface area contributed by atoms with Gasteiger partial charge in [-0.15, -0.1) is 0 Å².